The zero-order valence-electron chi connectivity index (χ0n) is 10.4. The van der Waals surface area contributed by atoms with Crippen LogP contribution in [-0.4, -0.2) is 26.8 Å². The first-order valence-corrected chi connectivity index (χ1v) is 6.36. The van der Waals surface area contributed by atoms with Gasteiger partial charge in [0, 0.05) is 0 Å². The smallest absolute Gasteiger partial charge is 0.161 e. The van der Waals surface area contributed by atoms with Crippen LogP contribution in [0, 0.1) is 5.92 Å². The van der Waals surface area contributed by atoms with E-state index in [-0.39, 0.29) is 0 Å². The second kappa shape index (κ2) is 6.50. The van der Waals surface area contributed by atoms with Crippen LogP contribution in [0.15, 0.2) is 24.3 Å². The van der Waals surface area contributed by atoms with E-state index in [1.165, 1.54) is 19.4 Å². The van der Waals surface area contributed by atoms with Gasteiger partial charge in [-0.05, 0) is 50.4 Å². The third-order valence-electron chi connectivity index (χ3n) is 3.25. The SMILES string of the molecule is COc1ccccc1OCCC1CCCNC1. The molecule has 1 aliphatic heterocycles. The molecule has 94 valence electrons. The van der Waals surface area contributed by atoms with Crippen molar-refractivity contribution in [2.45, 2.75) is 19.3 Å². The van der Waals surface area contributed by atoms with Gasteiger partial charge in [-0.1, -0.05) is 12.1 Å². The van der Waals surface area contributed by atoms with Crippen LogP contribution in [-0.2, 0) is 0 Å². The van der Waals surface area contributed by atoms with Crippen LogP contribution in [0.2, 0.25) is 0 Å². The van der Waals surface area contributed by atoms with Crippen molar-refractivity contribution < 1.29 is 9.47 Å². The van der Waals surface area contributed by atoms with E-state index in [0.717, 1.165) is 37.0 Å². The van der Waals surface area contributed by atoms with Crippen molar-refractivity contribution >= 4 is 0 Å². The summed E-state index contributed by atoms with van der Waals surface area (Å²) in [6.07, 6.45) is 3.73. The summed E-state index contributed by atoms with van der Waals surface area (Å²) in [4.78, 5) is 0. The van der Waals surface area contributed by atoms with E-state index in [4.69, 9.17) is 9.47 Å². The van der Waals surface area contributed by atoms with Gasteiger partial charge in [0.1, 0.15) is 0 Å². The Labute approximate surface area is 103 Å². The summed E-state index contributed by atoms with van der Waals surface area (Å²) in [5, 5.41) is 3.43. The first-order valence-electron chi connectivity index (χ1n) is 6.36. The number of ether oxygens (including phenoxy) is 2. The summed E-state index contributed by atoms with van der Waals surface area (Å²) < 4.78 is 11.0. The van der Waals surface area contributed by atoms with E-state index in [0.29, 0.717) is 0 Å². The topological polar surface area (TPSA) is 30.5 Å². The highest BCUT2D eigenvalue weighted by Gasteiger charge is 2.13. The fraction of sp³-hybridized carbons (Fsp3) is 0.571. The molecule has 2 rings (SSSR count). The molecule has 1 aliphatic rings. The minimum atomic E-state index is 0.762. The molecule has 0 aromatic heterocycles. The number of piperidine rings is 1. The van der Waals surface area contributed by atoms with Crippen molar-refractivity contribution in [3.05, 3.63) is 24.3 Å². The Hall–Kier alpha value is -1.22. The molecule has 17 heavy (non-hydrogen) atoms. The lowest BCUT2D eigenvalue weighted by molar-refractivity contribution is 0.245. The third-order valence-corrected chi connectivity index (χ3v) is 3.25. The second-order valence-electron chi connectivity index (χ2n) is 4.50. The Kier molecular flexibility index (Phi) is 4.68. The van der Waals surface area contributed by atoms with E-state index in [1.54, 1.807) is 7.11 Å². The van der Waals surface area contributed by atoms with Crippen molar-refractivity contribution in [2.24, 2.45) is 5.92 Å². The van der Waals surface area contributed by atoms with Crippen LogP contribution < -0.4 is 14.8 Å². The summed E-state index contributed by atoms with van der Waals surface area (Å²) in [5.74, 6) is 2.42. The number of para-hydroxylation sites is 2. The average molecular weight is 235 g/mol. The van der Waals surface area contributed by atoms with Gasteiger partial charge in [0.25, 0.3) is 0 Å². The zero-order valence-corrected chi connectivity index (χ0v) is 10.4. The number of nitrogens with one attached hydrogen (secondary N) is 1. The van der Waals surface area contributed by atoms with Crippen molar-refractivity contribution in [2.75, 3.05) is 26.8 Å². The Bertz CT molecular complexity index is 335. The van der Waals surface area contributed by atoms with Crippen LogP contribution in [0.1, 0.15) is 19.3 Å². The lowest BCUT2D eigenvalue weighted by Gasteiger charge is -2.22. The van der Waals surface area contributed by atoms with Crippen molar-refractivity contribution in [3.8, 4) is 11.5 Å². The van der Waals surface area contributed by atoms with Gasteiger partial charge in [0.05, 0.1) is 13.7 Å². The van der Waals surface area contributed by atoms with Crippen LogP contribution >= 0.6 is 0 Å². The molecular weight excluding hydrogens is 214 g/mol. The maximum atomic E-state index is 5.78. The Morgan fingerprint density at radius 3 is 2.82 bits per heavy atom. The van der Waals surface area contributed by atoms with Gasteiger partial charge in [-0.2, -0.15) is 0 Å². The molecule has 1 N–H and O–H groups in total. The summed E-state index contributed by atoms with van der Waals surface area (Å²) in [6, 6.07) is 7.81. The predicted molar refractivity (Wildman–Crippen MR) is 68.7 cm³/mol. The number of methoxy groups -OCH3 is 1. The quantitative estimate of drug-likeness (QED) is 0.850. The van der Waals surface area contributed by atoms with E-state index in [9.17, 15) is 0 Å². The second-order valence-corrected chi connectivity index (χ2v) is 4.50. The van der Waals surface area contributed by atoms with E-state index in [1.807, 2.05) is 24.3 Å². The van der Waals surface area contributed by atoms with Gasteiger partial charge in [0.2, 0.25) is 0 Å². The molecule has 0 spiro atoms. The highest BCUT2D eigenvalue weighted by Crippen LogP contribution is 2.26. The predicted octanol–water partition coefficient (Wildman–Crippen LogP) is 2.46. The van der Waals surface area contributed by atoms with Crippen molar-refractivity contribution in [1.29, 1.82) is 0 Å². The Morgan fingerprint density at radius 1 is 1.29 bits per heavy atom. The average Bonchev–Trinajstić information content (AvgIpc) is 2.40. The molecule has 0 aliphatic carbocycles. The molecule has 3 nitrogen and oxygen atoms in total. The number of hydrogen-bond acceptors (Lipinski definition) is 3. The van der Waals surface area contributed by atoms with Gasteiger partial charge < -0.3 is 14.8 Å². The highest BCUT2D eigenvalue weighted by atomic mass is 16.5. The van der Waals surface area contributed by atoms with Crippen LogP contribution in [0.3, 0.4) is 0 Å². The molecule has 0 amide bonds. The summed E-state index contributed by atoms with van der Waals surface area (Å²) >= 11 is 0. The van der Waals surface area contributed by atoms with Gasteiger partial charge in [0.15, 0.2) is 11.5 Å². The fourth-order valence-electron chi connectivity index (χ4n) is 2.24. The molecule has 1 saturated heterocycles. The molecule has 0 radical (unpaired) electrons. The first kappa shape index (κ1) is 12.2. The molecule has 0 saturated carbocycles. The summed E-state index contributed by atoms with van der Waals surface area (Å²) in [7, 11) is 1.67. The molecule has 1 atom stereocenters. The highest BCUT2D eigenvalue weighted by molar-refractivity contribution is 5.39. The third kappa shape index (κ3) is 3.63. The molecule has 3 heteroatoms. The fourth-order valence-corrected chi connectivity index (χ4v) is 2.24. The lowest BCUT2D eigenvalue weighted by Crippen LogP contribution is -2.30. The molecule has 0 bridgehead atoms. The molecule has 1 fully saturated rings. The summed E-state index contributed by atoms with van der Waals surface area (Å²) in [5.41, 5.74) is 0. The lowest BCUT2D eigenvalue weighted by atomic mass is 9.97. The van der Waals surface area contributed by atoms with Gasteiger partial charge in [-0.3, -0.25) is 0 Å². The van der Waals surface area contributed by atoms with Crippen LogP contribution in [0.5, 0.6) is 11.5 Å². The van der Waals surface area contributed by atoms with E-state index < -0.39 is 0 Å². The minimum Gasteiger partial charge on any atom is -0.493 e. The number of benzene rings is 1. The van der Waals surface area contributed by atoms with E-state index >= 15 is 0 Å². The normalized spacial score (nSPS) is 19.9. The van der Waals surface area contributed by atoms with Crippen LogP contribution in [0.4, 0.5) is 0 Å². The largest absolute Gasteiger partial charge is 0.493 e. The maximum absolute atomic E-state index is 5.78. The van der Waals surface area contributed by atoms with Crippen molar-refractivity contribution in [1.82, 2.24) is 5.32 Å². The number of hydrogen-bond donors (Lipinski definition) is 1. The minimum absolute atomic E-state index is 0.762. The van der Waals surface area contributed by atoms with E-state index in [2.05, 4.69) is 5.32 Å². The van der Waals surface area contributed by atoms with Gasteiger partial charge >= 0.3 is 0 Å². The summed E-state index contributed by atoms with van der Waals surface area (Å²) in [6.45, 7) is 3.08. The monoisotopic (exact) mass is 235 g/mol. The number of rotatable bonds is 5. The zero-order chi connectivity index (χ0) is 11.9. The molecular formula is C14H21NO2. The van der Waals surface area contributed by atoms with Gasteiger partial charge in [-0.25, -0.2) is 0 Å². The van der Waals surface area contributed by atoms with Crippen LogP contribution in [0.25, 0.3) is 0 Å². The first-order chi connectivity index (χ1) is 8.40. The molecule has 1 aromatic carbocycles. The molecule has 1 heterocycles. The van der Waals surface area contributed by atoms with Crippen molar-refractivity contribution in [3.63, 3.8) is 0 Å². The standard InChI is InChI=1S/C14H21NO2/c1-16-13-6-2-3-7-14(13)17-10-8-12-5-4-9-15-11-12/h2-3,6-7,12,15H,4-5,8-11H2,1H3. The van der Waals surface area contributed by atoms with Gasteiger partial charge in [-0.15, -0.1) is 0 Å². The molecule has 1 unspecified atom stereocenters. The molecule has 1 aromatic rings. The maximum Gasteiger partial charge on any atom is 0.161 e. The Morgan fingerprint density at radius 2 is 2.12 bits per heavy atom. The Balaban J connectivity index is 1.77.